The fourth-order valence-electron chi connectivity index (χ4n) is 4.70. The second kappa shape index (κ2) is 13.5. The highest BCUT2D eigenvalue weighted by atomic mass is 32.2. The molecule has 1 fully saturated rings. The molecule has 1 aliphatic rings. The fraction of sp³-hybridized carbons (Fsp3) is 0.500. The number of methoxy groups -OCH3 is 1. The molecule has 0 aliphatic carbocycles. The van der Waals surface area contributed by atoms with Gasteiger partial charge >= 0.3 is 5.97 Å². The van der Waals surface area contributed by atoms with Crippen LogP contribution in [-0.4, -0.2) is 85.0 Å². The largest absolute Gasteiger partial charge is 0.467 e. The van der Waals surface area contributed by atoms with Crippen LogP contribution in [0.2, 0.25) is 0 Å². The van der Waals surface area contributed by atoms with Crippen LogP contribution >= 0.6 is 11.8 Å². The number of hydrogen-bond donors (Lipinski definition) is 2. The molecule has 1 aliphatic heterocycles. The van der Waals surface area contributed by atoms with Crippen molar-refractivity contribution in [2.45, 2.75) is 37.9 Å². The lowest BCUT2D eigenvalue weighted by molar-refractivity contribution is -0.145. The Balaban J connectivity index is 1.79. The van der Waals surface area contributed by atoms with E-state index in [1.54, 1.807) is 11.8 Å². The number of carbonyl (C=O) groups excluding carboxylic acids is 3. The molecule has 2 aromatic rings. The highest BCUT2D eigenvalue weighted by molar-refractivity contribution is 7.98. The van der Waals surface area contributed by atoms with E-state index in [1.807, 2.05) is 29.4 Å². The van der Waals surface area contributed by atoms with E-state index in [4.69, 9.17) is 10.5 Å². The van der Waals surface area contributed by atoms with Crippen molar-refractivity contribution in [1.82, 2.24) is 15.1 Å². The van der Waals surface area contributed by atoms with Crippen LogP contribution in [0.4, 0.5) is 0 Å². The first-order valence-electron chi connectivity index (χ1n) is 12.0. The quantitative estimate of drug-likeness (QED) is 0.430. The Morgan fingerprint density at radius 3 is 2.74 bits per heavy atom. The zero-order valence-electron chi connectivity index (χ0n) is 20.6. The standard InChI is InChI=1S/C26H36N4O4S/c1-34-26(33)23(12-14-35-2)28-24(31)18-29(17-21-10-6-13-30(21)25(32)15-27)16-20-9-5-8-19-7-3-4-11-22(19)20/h3-5,7-9,11,21,23H,6,10,12-18,27H2,1-2H3,(H,28,31)/t21-,23-/m0/s1. The number of amides is 2. The highest BCUT2D eigenvalue weighted by Gasteiger charge is 2.30. The van der Waals surface area contributed by atoms with Crippen molar-refractivity contribution in [3.8, 4) is 0 Å². The third-order valence-electron chi connectivity index (χ3n) is 6.41. The number of hydrogen-bond acceptors (Lipinski definition) is 7. The zero-order chi connectivity index (χ0) is 25.2. The summed E-state index contributed by atoms with van der Waals surface area (Å²) < 4.78 is 4.89. The van der Waals surface area contributed by atoms with Gasteiger partial charge in [0.2, 0.25) is 11.8 Å². The van der Waals surface area contributed by atoms with Crippen molar-refractivity contribution in [2.24, 2.45) is 5.73 Å². The Morgan fingerprint density at radius 1 is 1.23 bits per heavy atom. The van der Waals surface area contributed by atoms with Crippen LogP contribution in [0.5, 0.6) is 0 Å². The van der Waals surface area contributed by atoms with E-state index in [0.29, 0.717) is 26.1 Å². The molecule has 35 heavy (non-hydrogen) atoms. The van der Waals surface area contributed by atoms with E-state index < -0.39 is 12.0 Å². The molecule has 1 saturated heterocycles. The van der Waals surface area contributed by atoms with Gasteiger partial charge in [-0.2, -0.15) is 11.8 Å². The summed E-state index contributed by atoms with van der Waals surface area (Å²) >= 11 is 1.61. The van der Waals surface area contributed by atoms with E-state index in [-0.39, 0.29) is 30.9 Å². The molecule has 2 aromatic carbocycles. The molecule has 2 amide bonds. The number of thioether (sulfide) groups is 1. The van der Waals surface area contributed by atoms with E-state index in [0.717, 1.165) is 34.9 Å². The number of ether oxygens (including phenoxy) is 1. The van der Waals surface area contributed by atoms with Crippen molar-refractivity contribution in [2.75, 3.05) is 45.3 Å². The summed E-state index contributed by atoms with van der Waals surface area (Å²) in [5.41, 5.74) is 6.74. The van der Waals surface area contributed by atoms with Gasteiger partial charge in [-0.25, -0.2) is 4.79 Å². The summed E-state index contributed by atoms with van der Waals surface area (Å²) in [7, 11) is 1.33. The number of esters is 1. The Labute approximate surface area is 211 Å². The van der Waals surface area contributed by atoms with Crippen molar-refractivity contribution in [3.05, 3.63) is 48.0 Å². The summed E-state index contributed by atoms with van der Waals surface area (Å²) in [5, 5.41) is 5.13. The first-order chi connectivity index (χ1) is 17.0. The minimum absolute atomic E-state index is 0.00159. The van der Waals surface area contributed by atoms with Crippen molar-refractivity contribution < 1.29 is 19.1 Å². The summed E-state index contributed by atoms with van der Waals surface area (Å²) in [6.07, 6.45) is 4.25. The Hall–Kier alpha value is -2.62. The van der Waals surface area contributed by atoms with Gasteiger partial charge in [0.25, 0.3) is 0 Å². The molecule has 8 nitrogen and oxygen atoms in total. The minimum Gasteiger partial charge on any atom is -0.467 e. The van der Waals surface area contributed by atoms with Gasteiger partial charge in [0.15, 0.2) is 0 Å². The molecule has 3 N–H and O–H groups in total. The Morgan fingerprint density at radius 2 is 2.00 bits per heavy atom. The lowest BCUT2D eigenvalue weighted by Crippen LogP contribution is -2.49. The zero-order valence-corrected chi connectivity index (χ0v) is 21.4. The second-order valence-electron chi connectivity index (χ2n) is 8.82. The summed E-state index contributed by atoms with van der Waals surface area (Å²) in [6, 6.07) is 13.7. The average Bonchev–Trinajstić information content (AvgIpc) is 3.33. The maximum absolute atomic E-state index is 13.1. The van der Waals surface area contributed by atoms with Gasteiger partial charge in [-0.1, -0.05) is 42.5 Å². The minimum atomic E-state index is -0.679. The van der Waals surface area contributed by atoms with E-state index in [2.05, 4.69) is 34.5 Å². The van der Waals surface area contributed by atoms with Crippen LogP contribution in [0.15, 0.2) is 42.5 Å². The number of nitrogens with two attached hydrogens (primary N) is 1. The first kappa shape index (κ1) is 27.0. The first-order valence-corrected chi connectivity index (χ1v) is 13.4. The summed E-state index contributed by atoms with van der Waals surface area (Å²) in [4.78, 5) is 41.5. The second-order valence-corrected chi connectivity index (χ2v) is 9.81. The topological polar surface area (TPSA) is 105 Å². The van der Waals surface area contributed by atoms with Gasteiger partial charge in [-0.3, -0.25) is 14.5 Å². The molecule has 9 heteroatoms. The Kier molecular flexibility index (Phi) is 10.4. The molecule has 0 bridgehead atoms. The monoisotopic (exact) mass is 500 g/mol. The molecule has 1 heterocycles. The SMILES string of the molecule is COC(=O)[C@H](CCSC)NC(=O)CN(Cc1cccc2ccccc12)C[C@@H]1CCCN1C(=O)CN. The fourth-order valence-corrected chi connectivity index (χ4v) is 5.17. The molecular weight excluding hydrogens is 464 g/mol. The maximum atomic E-state index is 13.1. The Bertz CT molecular complexity index is 1010. The third-order valence-corrected chi connectivity index (χ3v) is 7.06. The number of fused-ring (bicyclic) bond motifs is 1. The summed E-state index contributed by atoms with van der Waals surface area (Å²) in [5.74, 6) is -0.0114. The van der Waals surface area contributed by atoms with E-state index in [1.165, 1.54) is 7.11 Å². The number of benzene rings is 2. The smallest absolute Gasteiger partial charge is 0.328 e. The van der Waals surface area contributed by atoms with Crippen LogP contribution in [0.3, 0.4) is 0 Å². The summed E-state index contributed by atoms with van der Waals surface area (Å²) in [6.45, 7) is 1.88. The molecule has 0 aromatic heterocycles. The number of likely N-dealkylation sites (tertiary alicyclic amines) is 1. The molecule has 0 unspecified atom stereocenters. The van der Waals surface area contributed by atoms with Gasteiger partial charge in [0, 0.05) is 25.7 Å². The predicted molar refractivity (Wildman–Crippen MR) is 140 cm³/mol. The molecule has 190 valence electrons. The lowest BCUT2D eigenvalue weighted by atomic mass is 10.0. The highest BCUT2D eigenvalue weighted by Crippen LogP contribution is 2.23. The van der Waals surface area contributed by atoms with Crippen molar-refractivity contribution in [1.29, 1.82) is 0 Å². The maximum Gasteiger partial charge on any atom is 0.328 e. The third kappa shape index (κ3) is 7.43. The van der Waals surface area contributed by atoms with Gasteiger partial charge < -0.3 is 20.7 Å². The number of carbonyl (C=O) groups is 3. The predicted octanol–water partition coefficient (Wildman–Crippen LogP) is 2.00. The van der Waals surface area contributed by atoms with Gasteiger partial charge in [-0.15, -0.1) is 0 Å². The molecular formula is C26H36N4O4S. The van der Waals surface area contributed by atoms with E-state index >= 15 is 0 Å². The van der Waals surface area contributed by atoms with Crippen LogP contribution in [-0.2, 0) is 25.7 Å². The van der Waals surface area contributed by atoms with Gasteiger partial charge in [-0.05, 0) is 47.6 Å². The number of rotatable bonds is 12. The van der Waals surface area contributed by atoms with Crippen molar-refractivity contribution in [3.63, 3.8) is 0 Å². The van der Waals surface area contributed by atoms with Crippen molar-refractivity contribution >= 4 is 40.3 Å². The number of nitrogens with one attached hydrogen (secondary N) is 1. The van der Waals surface area contributed by atoms with Gasteiger partial charge in [0.05, 0.1) is 20.2 Å². The van der Waals surface area contributed by atoms with Crippen LogP contribution in [0, 0.1) is 0 Å². The van der Waals surface area contributed by atoms with Crippen LogP contribution in [0.25, 0.3) is 10.8 Å². The molecule has 2 atom stereocenters. The average molecular weight is 501 g/mol. The van der Waals surface area contributed by atoms with E-state index in [9.17, 15) is 14.4 Å². The molecule has 0 saturated carbocycles. The lowest BCUT2D eigenvalue weighted by Gasteiger charge is -2.31. The van der Waals surface area contributed by atoms with Crippen LogP contribution < -0.4 is 11.1 Å². The molecule has 0 radical (unpaired) electrons. The van der Waals surface area contributed by atoms with Gasteiger partial charge in [0.1, 0.15) is 6.04 Å². The van der Waals surface area contributed by atoms with Crippen LogP contribution in [0.1, 0.15) is 24.8 Å². The number of nitrogens with zero attached hydrogens (tertiary/aromatic N) is 2. The molecule has 0 spiro atoms. The molecule has 3 rings (SSSR count). The normalized spacial score (nSPS) is 16.5.